The lowest BCUT2D eigenvalue weighted by Gasteiger charge is -2.67. The van der Waals surface area contributed by atoms with Gasteiger partial charge in [-0.15, -0.1) is 0 Å². The number of aliphatic hydroxyl groups excluding tert-OH is 1. The number of carbonyl (C=O) groups is 3. The molecular weight excluding hydrogens is 620 g/mol. The Labute approximate surface area is 279 Å². The van der Waals surface area contributed by atoms with Gasteiger partial charge in [0.2, 0.25) is 0 Å². The Balaban J connectivity index is 1.41. The summed E-state index contributed by atoms with van der Waals surface area (Å²) in [4.78, 5) is 42.0. The molecule has 48 heavy (non-hydrogen) atoms. The summed E-state index contributed by atoms with van der Waals surface area (Å²) < 4.78 is 29.1. The Hall–Kier alpha value is -3.77. The minimum Gasteiger partial charge on any atom is -0.482 e. The zero-order chi connectivity index (χ0) is 34.6. The second-order valence-electron chi connectivity index (χ2n) is 14.4. The molecule has 3 N–H and O–H groups in total. The van der Waals surface area contributed by atoms with Gasteiger partial charge in [0.15, 0.2) is 25.1 Å². The van der Waals surface area contributed by atoms with E-state index in [0.29, 0.717) is 17.1 Å². The highest BCUT2D eigenvalue weighted by Crippen LogP contribution is 2.65. The predicted octanol–water partition coefficient (Wildman–Crippen LogP) is 3.18. The number of aliphatic hydroxyl groups is 3. The molecule has 1 aliphatic heterocycles. The molecule has 9 unspecified atom stereocenters. The summed E-state index contributed by atoms with van der Waals surface area (Å²) in [5.41, 5.74) is -5.50. The van der Waals surface area contributed by atoms with Crippen LogP contribution < -0.4 is 9.47 Å². The molecule has 3 fully saturated rings. The van der Waals surface area contributed by atoms with E-state index in [0.717, 1.165) is 0 Å². The van der Waals surface area contributed by atoms with Crippen molar-refractivity contribution >= 4 is 17.7 Å². The number of ether oxygens (including phenoxy) is 5. The van der Waals surface area contributed by atoms with Crippen molar-refractivity contribution in [3.63, 3.8) is 0 Å². The van der Waals surface area contributed by atoms with Crippen molar-refractivity contribution in [3.05, 3.63) is 71.8 Å². The van der Waals surface area contributed by atoms with Crippen molar-refractivity contribution in [1.29, 1.82) is 0 Å². The third-order valence-corrected chi connectivity index (χ3v) is 11.5. The molecule has 1 saturated heterocycles. The highest BCUT2D eigenvalue weighted by Gasteiger charge is 2.75. The van der Waals surface area contributed by atoms with Crippen molar-refractivity contribution in [2.45, 2.75) is 83.1 Å². The van der Waals surface area contributed by atoms with E-state index in [1.165, 1.54) is 0 Å². The fraction of sp³-hybridized carbons (Fsp3) is 0.541. The third kappa shape index (κ3) is 5.31. The van der Waals surface area contributed by atoms with E-state index in [4.69, 9.17) is 23.7 Å². The van der Waals surface area contributed by atoms with Gasteiger partial charge in [-0.05, 0) is 55.2 Å². The SMILES string of the molecule is CC1=C2C(OC(=O)COc3ccccc3)C(=O)C3(C)C(OC(=O)COc4ccccc4)CC4OCC4(O)C3C(C)C(O)(CC1O)C2(C)C. The number of fused-ring (bicyclic) bond motifs is 5. The maximum Gasteiger partial charge on any atom is 0.345 e. The van der Waals surface area contributed by atoms with Crippen LogP contribution in [0.5, 0.6) is 11.5 Å². The van der Waals surface area contributed by atoms with Crippen molar-refractivity contribution in [3.8, 4) is 11.5 Å². The Morgan fingerprint density at radius 3 is 1.96 bits per heavy atom. The van der Waals surface area contributed by atoms with E-state index in [9.17, 15) is 24.9 Å². The maximum absolute atomic E-state index is 15.3. The van der Waals surface area contributed by atoms with Gasteiger partial charge in [-0.25, -0.2) is 9.59 Å². The third-order valence-electron chi connectivity index (χ3n) is 11.5. The number of ketones is 1. The number of Topliss-reactive ketones (excluding diaryl/α,β-unsaturated/α-hetero) is 1. The predicted molar refractivity (Wildman–Crippen MR) is 171 cm³/mol. The van der Waals surface area contributed by atoms with Gasteiger partial charge in [0.05, 0.1) is 29.8 Å². The number of esters is 2. The smallest absolute Gasteiger partial charge is 0.345 e. The molecule has 0 spiro atoms. The molecule has 2 aromatic carbocycles. The molecular formula is C37H44O11. The molecule has 11 nitrogen and oxygen atoms in total. The molecule has 2 bridgehead atoms. The Morgan fingerprint density at radius 2 is 1.44 bits per heavy atom. The summed E-state index contributed by atoms with van der Waals surface area (Å²) >= 11 is 0. The second-order valence-corrected chi connectivity index (χ2v) is 14.4. The highest BCUT2D eigenvalue weighted by molar-refractivity contribution is 5.95. The lowest BCUT2D eigenvalue weighted by atomic mass is 9.42. The van der Waals surface area contributed by atoms with E-state index in [2.05, 4.69) is 0 Å². The number of rotatable bonds is 8. The molecule has 4 aliphatic rings. The van der Waals surface area contributed by atoms with Crippen LogP contribution in [0, 0.1) is 22.7 Å². The Bertz CT molecular complexity index is 1590. The lowest BCUT2D eigenvalue weighted by molar-refractivity contribution is -0.336. The molecule has 0 aromatic heterocycles. The van der Waals surface area contributed by atoms with E-state index in [1.54, 1.807) is 89.2 Å². The van der Waals surface area contributed by atoms with E-state index < -0.39 is 89.2 Å². The quantitative estimate of drug-likeness (QED) is 0.281. The minimum absolute atomic E-state index is 0.0146. The minimum atomic E-state index is -1.70. The van der Waals surface area contributed by atoms with Crippen LogP contribution in [0.2, 0.25) is 0 Å². The average molecular weight is 665 g/mol. The standard InChI is InChI=1S/C37H44O11/c1-21-25(38)17-37(43)22(2)32-35(5,26(16-27-36(32,42)20-46-27)47-28(39)18-44-23-12-8-6-9-13-23)33(41)31(30(21)34(37,3)4)48-29(40)19-45-24-14-10-7-11-15-24/h6-15,22,25-27,31-32,38,42-43H,16-20H2,1-5H3. The maximum atomic E-state index is 15.3. The summed E-state index contributed by atoms with van der Waals surface area (Å²) in [5.74, 6) is -3.19. The number of benzene rings is 2. The number of hydrogen-bond donors (Lipinski definition) is 3. The molecule has 9 atom stereocenters. The zero-order valence-electron chi connectivity index (χ0n) is 27.9. The molecule has 2 saturated carbocycles. The number of carbonyl (C=O) groups excluding carboxylic acids is 3. The largest absolute Gasteiger partial charge is 0.482 e. The van der Waals surface area contributed by atoms with Gasteiger partial charge < -0.3 is 39.0 Å². The van der Waals surface area contributed by atoms with Crippen molar-refractivity contribution < 1.29 is 53.4 Å². The topological polar surface area (TPSA) is 158 Å². The molecule has 2 aromatic rings. The molecule has 11 heteroatoms. The molecule has 0 amide bonds. The van der Waals surface area contributed by atoms with Gasteiger partial charge in [0.25, 0.3) is 0 Å². The second kappa shape index (κ2) is 12.3. The molecule has 258 valence electrons. The van der Waals surface area contributed by atoms with Crippen LogP contribution in [0.15, 0.2) is 71.8 Å². The fourth-order valence-electron chi connectivity index (χ4n) is 8.90. The van der Waals surface area contributed by atoms with E-state index in [1.807, 2.05) is 6.07 Å². The van der Waals surface area contributed by atoms with Crippen molar-refractivity contribution in [2.75, 3.05) is 19.8 Å². The van der Waals surface area contributed by atoms with Crippen LogP contribution in [0.1, 0.15) is 47.5 Å². The van der Waals surface area contributed by atoms with Crippen LogP contribution in [-0.4, -0.2) is 88.5 Å². The van der Waals surface area contributed by atoms with Crippen LogP contribution in [-0.2, 0) is 28.6 Å². The van der Waals surface area contributed by atoms with Crippen LogP contribution in [0.25, 0.3) is 0 Å². The molecule has 3 aliphatic carbocycles. The van der Waals surface area contributed by atoms with Crippen LogP contribution in [0.3, 0.4) is 0 Å². The monoisotopic (exact) mass is 664 g/mol. The molecule has 1 heterocycles. The van der Waals surface area contributed by atoms with E-state index in [-0.39, 0.29) is 25.0 Å². The highest BCUT2D eigenvalue weighted by atomic mass is 16.6. The van der Waals surface area contributed by atoms with Crippen LogP contribution in [0.4, 0.5) is 0 Å². The first kappa shape index (κ1) is 34.1. The van der Waals surface area contributed by atoms with Gasteiger partial charge in [0, 0.05) is 24.2 Å². The van der Waals surface area contributed by atoms with E-state index >= 15 is 4.79 Å². The first-order valence-corrected chi connectivity index (χ1v) is 16.4. The van der Waals surface area contributed by atoms with Gasteiger partial charge >= 0.3 is 11.9 Å². The molecule has 0 radical (unpaired) electrons. The van der Waals surface area contributed by atoms with Crippen molar-refractivity contribution in [1.82, 2.24) is 0 Å². The summed E-state index contributed by atoms with van der Waals surface area (Å²) in [6.07, 6.45) is -4.81. The van der Waals surface area contributed by atoms with Gasteiger partial charge in [-0.3, -0.25) is 4.79 Å². The number of hydrogen-bond acceptors (Lipinski definition) is 11. The first-order chi connectivity index (χ1) is 22.6. The average Bonchev–Trinajstić information content (AvgIpc) is 3.06. The summed E-state index contributed by atoms with van der Waals surface area (Å²) in [5, 5.41) is 36.2. The zero-order valence-corrected chi connectivity index (χ0v) is 27.9. The Kier molecular flexibility index (Phi) is 8.73. The Morgan fingerprint density at radius 1 is 0.896 bits per heavy atom. The summed E-state index contributed by atoms with van der Waals surface area (Å²) in [6.45, 7) is 7.46. The normalized spacial score (nSPS) is 36.7. The summed E-state index contributed by atoms with van der Waals surface area (Å²) in [6, 6.07) is 17.4. The summed E-state index contributed by atoms with van der Waals surface area (Å²) in [7, 11) is 0. The van der Waals surface area contributed by atoms with Gasteiger partial charge in [-0.1, -0.05) is 57.2 Å². The first-order valence-electron chi connectivity index (χ1n) is 16.4. The number of para-hydroxylation sites is 2. The van der Waals surface area contributed by atoms with Crippen molar-refractivity contribution in [2.24, 2.45) is 22.7 Å². The van der Waals surface area contributed by atoms with Gasteiger partial charge in [-0.2, -0.15) is 0 Å². The van der Waals surface area contributed by atoms with Gasteiger partial charge in [0.1, 0.15) is 23.2 Å². The lowest BCUT2D eigenvalue weighted by Crippen LogP contribution is -2.79. The van der Waals surface area contributed by atoms with Crippen LogP contribution >= 0.6 is 0 Å². The molecule has 6 rings (SSSR count). The fourth-order valence-corrected chi connectivity index (χ4v) is 8.90.